The van der Waals surface area contributed by atoms with Gasteiger partial charge in [-0.3, -0.25) is 25.1 Å². The highest BCUT2D eigenvalue weighted by molar-refractivity contribution is 7.13. The Bertz CT molecular complexity index is 1340. The van der Waals surface area contributed by atoms with Crippen LogP contribution in [0.25, 0.3) is 22.6 Å². The number of nitro groups is 1. The summed E-state index contributed by atoms with van der Waals surface area (Å²) < 4.78 is 0. The van der Waals surface area contributed by atoms with Crippen molar-refractivity contribution in [1.29, 1.82) is 0 Å². The van der Waals surface area contributed by atoms with E-state index in [0.717, 1.165) is 38.3 Å². The Morgan fingerprint density at radius 1 is 1.08 bits per heavy atom. The molecule has 4 aromatic rings. The van der Waals surface area contributed by atoms with E-state index in [9.17, 15) is 14.9 Å². The average Bonchev–Trinajstić information content (AvgIpc) is 3.56. The van der Waals surface area contributed by atoms with Crippen LogP contribution in [0.2, 0.25) is 0 Å². The first-order valence-corrected chi connectivity index (χ1v) is 12.4. The van der Waals surface area contributed by atoms with Gasteiger partial charge in [0, 0.05) is 67.6 Å². The number of benzene rings is 2. The number of imidazole rings is 1. The molecule has 184 valence electrons. The van der Waals surface area contributed by atoms with Gasteiger partial charge in [-0.05, 0) is 24.7 Å². The van der Waals surface area contributed by atoms with Gasteiger partial charge in [-0.1, -0.05) is 24.3 Å². The molecule has 0 unspecified atom stereocenters. The fourth-order valence-corrected chi connectivity index (χ4v) is 4.63. The van der Waals surface area contributed by atoms with Gasteiger partial charge in [0.05, 0.1) is 4.92 Å². The maximum atomic E-state index is 13.1. The molecule has 0 bridgehead atoms. The highest BCUT2D eigenvalue weighted by Gasteiger charge is 2.21. The van der Waals surface area contributed by atoms with Crippen LogP contribution >= 0.6 is 11.3 Å². The smallest absolute Gasteiger partial charge is 0.276 e. The molecule has 0 spiro atoms. The minimum Gasteiger partial charge on any atom is -0.333 e. The maximum absolute atomic E-state index is 13.1. The van der Waals surface area contributed by atoms with E-state index in [1.54, 1.807) is 23.7 Å². The van der Waals surface area contributed by atoms with Crippen molar-refractivity contribution in [2.75, 3.05) is 38.5 Å². The predicted octanol–water partition coefficient (Wildman–Crippen LogP) is 4.11. The first-order chi connectivity index (χ1) is 17.5. The molecule has 1 aliphatic heterocycles. The van der Waals surface area contributed by atoms with Crippen LogP contribution in [0.3, 0.4) is 0 Å². The van der Waals surface area contributed by atoms with Crippen molar-refractivity contribution in [1.82, 2.24) is 24.8 Å². The van der Waals surface area contributed by atoms with Gasteiger partial charge in [0.1, 0.15) is 17.2 Å². The first kappa shape index (κ1) is 23.8. The number of H-pyrrole nitrogens is 1. The molecule has 1 fully saturated rings. The van der Waals surface area contributed by atoms with Crippen molar-refractivity contribution < 1.29 is 9.72 Å². The lowest BCUT2D eigenvalue weighted by Gasteiger charge is -2.32. The number of carbonyl (C=O) groups excluding carboxylic acids is 1. The van der Waals surface area contributed by atoms with Gasteiger partial charge in [0.2, 0.25) is 0 Å². The lowest BCUT2D eigenvalue weighted by atomic mass is 10.1. The van der Waals surface area contributed by atoms with E-state index in [4.69, 9.17) is 4.98 Å². The molecule has 3 heterocycles. The number of likely N-dealkylation sites (N-methyl/N-ethyl adjacent to an activating group) is 1. The Hall–Kier alpha value is -3.93. The van der Waals surface area contributed by atoms with Crippen LogP contribution in [0.15, 0.2) is 60.1 Å². The Labute approximate surface area is 211 Å². The molecular weight excluding hydrogens is 478 g/mol. The van der Waals surface area contributed by atoms with E-state index in [1.807, 2.05) is 12.1 Å². The summed E-state index contributed by atoms with van der Waals surface area (Å²) in [6, 6.07) is 14.1. The first-order valence-electron chi connectivity index (χ1n) is 11.5. The highest BCUT2D eigenvalue weighted by Crippen LogP contribution is 2.28. The second kappa shape index (κ2) is 10.4. The molecule has 2 aromatic carbocycles. The van der Waals surface area contributed by atoms with E-state index < -0.39 is 4.92 Å². The van der Waals surface area contributed by atoms with Crippen LogP contribution < -0.4 is 5.32 Å². The number of aromatic amines is 1. The molecular formula is C25H25N7O3S. The quantitative estimate of drug-likeness (QED) is 0.288. The van der Waals surface area contributed by atoms with E-state index in [0.29, 0.717) is 27.9 Å². The lowest BCUT2D eigenvalue weighted by Crippen LogP contribution is -2.43. The van der Waals surface area contributed by atoms with Crippen LogP contribution in [0.4, 0.5) is 10.8 Å². The van der Waals surface area contributed by atoms with Crippen LogP contribution in [-0.4, -0.2) is 68.8 Å². The Kier molecular flexibility index (Phi) is 6.85. The number of hydrogen-bond acceptors (Lipinski definition) is 8. The summed E-state index contributed by atoms with van der Waals surface area (Å²) in [7, 11) is 2.14. The number of rotatable bonds is 7. The van der Waals surface area contributed by atoms with Crippen LogP contribution in [0.5, 0.6) is 0 Å². The van der Waals surface area contributed by atoms with Gasteiger partial charge in [-0.2, -0.15) is 0 Å². The van der Waals surface area contributed by atoms with Gasteiger partial charge in [-0.15, -0.1) is 11.3 Å². The van der Waals surface area contributed by atoms with Crippen LogP contribution in [0.1, 0.15) is 16.1 Å². The number of aromatic nitrogens is 3. The molecule has 0 atom stereocenters. The third kappa shape index (κ3) is 5.33. The van der Waals surface area contributed by atoms with E-state index in [1.165, 1.54) is 29.0 Å². The van der Waals surface area contributed by atoms with Crippen molar-refractivity contribution >= 4 is 28.1 Å². The average molecular weight is 504 g/mol. The summed E-state index contributed by atoms with van der Waals surface area (Å²) in [5.41, 5.74) is 3.42. The third-order valence-electron chi connectivity index (χ3n) is 6.16. The molecule has 5 rings (SSSR count). The minimum absolute atomic E-state index is 0.0109. The third-order valence-corrected chi connectivity index (χ3v) is 6.85. The summed E-state index contributed by atoms with van der Waals surface area (Å²) in [6.45, 7) is 5.08. The number of anilines is 1. The van der Waals surface area contributed by atoms with Crippen molar-refractivity contribution in [2.45, 2.75) is 6.54 Å². The molecule has 0 radical (unpaired) electrons. The van der Waals surface area contributed by atoms with Crippen molar-refractivity contribution in [3.63, 3.8) is 0 Å². The Morgan fingerprint density at radius 2 is 1.78 bits per heavy atom. The number of nitrogens with one attached hydrogen (secondary N) is 2. The number of thiazole rings is 1. The van der Waals surface area contributed by atoms with E-state index >= 15 is 0 Å². The maximum Gasteiger partial charge on any atom is 0.276 e. The topological polar surface area (TPSA) is 120 Å². The minimum atomic E-state index is -0.450. The number of nitro benzene ring substituents is 1. The number of amides is 1. The van der Waals surface area contributed by atoms with Crippen LogP contribution in [0, 0.1) is 10.1 Å². The summed E-state index contributed by atoms with van der Waals surface area (Å²) >= 11 is 1.32. The van der Waals surface area contributed by atoms with Gasteiger partial charge in [-0.25, -0.2) is 9.97 Å². The molecule has 2 N–H and O–H groups in total. The molecule has 11 heteroatoms. The lowest BCUT2D eigenvalue weighted by molar-refractivity contribution is -0.384. The number of hydrogen-bond donors (Lipinski definition) is 2. The zero-order valence-electron chi connectivity index (χ0n) is 19.7. The predicted molar refractivity (Wildman–Crippen MR) is 139 cm³/mol. The zero-order chi connectivity index (χ0) is 25.1. The monoisotopic (exact) mass is 503 g/mol. The second-order valence-electron chi connectivity index (χ2n) is 8.68. The summed E-state index contributed by atoms with van der Waals surface area (Å²) in [5.74, 6) is 0.0906. The Balaban J connectivity index is 1.43. The fraction of sp³-hybridized carbons (Fsp3) is 0.240. The standard InChI is InChI=1S/C25H25N7O3S/c1-30-11-13-31(14-12-30)16-17-2-4-18(5-3-17)21-22(24(33)29-25-26-10-15-36-25)28-23(27-21)19-6-8-20(9-7-19)32(34)35/h2-10,15H,11-14,16H2,1H3,(H,27,28)(H,26,29,33). The van der Waals surface area contributed by atoms with Gasteiger partial charge in [0.15, 0.2) is 5.13 Å². The van der Waals surface area contributed by atoms with Gasteiger partial charge >= 0.3 is 0 Å². The molecule has 1 amide bonds. The van der Waals surface area contributed by atoms with Gasteiger partial charge in [0.25, 0.3) is 11.6 Å². The number of carbonyl (C=O) groups is 1. The zero-order valence-corrected chi connectivity index (χ0v) is 20.5. The van der Waals surface area contributed by atoms with Crippen molar-refractivity contribution in [2.24, 2.45) is 0 Å². The summed E-state index contributed by atoms with van der Waals surface area (Å²) in [5, 5.41) is 16.1. The molecule has 2 aromatic heterocycles. The highest BCUT2D eigenvalue weighted by atomic mass is 32.1. The molecule has 36 heavy (non-hydrogen) atoms. The largest absolute Gasteiger partial charge is 0.333 e. The van der Waals surface area contributed by atoms with Gasteiger partial charge < -0.3 is 9.88 Å². The van der Waals surface area contributed by atoms with Crippen molar-refractivity contribution in [3.05, 3.63) is 81.5 Å². The number of nitrogens with zero attached hydrogens (tertiary/aromatic N) is 5. The molecule has 0 aliphatic carbocycles. The normalized spacial score (nSPS) is 14.6. The summed E-state index contributed by atoms with van der Waals surface area (Å²) in [4.78, 5) is 40.4. The second-order valence-corrected chi connectivity index (χ2v) is 9.58. The number of non-ortho nitro benzene ring substituents is 1. The molecule has 0 saturated carbocycles. The van der Waals surface area contributed by atoms with E-state index in [2.05, 4.69) is 44.3 Å². The number of piperazine rings is 1. The Morgan fingerprint density at radius 3 is 2.42 bits per heavy atom. The van der Waals surface area contributed by atoms with Crippen molar-refractivity contribution in [3.8, 4) is 22.6 Å². The van der Waals surface area contributed by atoms with Crippen LogP contribution in [-0.2, 0) is 6.54 Å². The SMILES string of the molecule is CN1CCN(Cc2ccc(-c3nc(-c4ccc([N+](=O)[O-])cc4)[nH]c3C(=O)Nc3nccs3)cc2)CC1. The fourth-order valence-electron chi connectivity index (χ4n) is 4.10. The summed E-state index contributed by atoms with van der Waals surface area (Å²) in [6.07, 6.45) is 1.62. The molecule has 1 saturated heterocycles. The van der Waals surface area contributed by atoms with E-state index in [-0.39, 0.29) is 11.6 Å². The molecule has 1 aliphatic rings. The molecule has 10 nitrogen and oxygen atoms in total.